The predicted molar refractivity (Wildman–Crippen MR) is 104 cm³/mol. The molecule has 3 aliphatic rings. The number of amides is 1. The molecule has 0 aliphatic carbocycles. The number of aromatic nitrogens is 3. The van der Waals surface area contributed by atoms with E-state index in [1.54, 1.807) is 0 Å². The van der Waals surface area contributed by atoms with Crippen LogP contribution in [0.25, 0.3) is 0 Å². The van der Waals surface area contributed by atoms with Gasteiger partial charge in [-0.25, -0.2) is 0 Å². The van der Waals surface area contributed by atoms with Crippen molar-refractivity contribution >= 4 is 5.91 Å². The van der Waals surface area contributed by atoms with Gasteiger partial charge < -0.3 is 24.1 Å². The number of benzene rings is 1. The topological polar surface area (TPSA) is 87.5 Å². The highest BCUT2D eigenvalue weighted by Crippen LogP contribution is 2.40. The van der Waals surface area contributed by atoms with E-state index in [9.17, 15) is 4.79 Å². The van der Waals surface area contributed by atoms with Gasteiger partial charge in [-0.15, -0.1) is 10.2 Å². The lowest BCUT2D eigenvalue weighted by Crippen LogP contribution is -2.47. The maximum atomic E-state index is 13.0. The van der Waals surface area contributed by atoms with Crippen molar-refractivity contribution in [3.63, 3.8) is 0 Å². The first kappa shape index (κ1) is 18.4. The Bertz CT molecular complexity index is 919. The molecule has 1 atom stereocenters. The van der Waals surface area contributed by atoms with Gasteiger partial charge in [0, 0.05) is 38.1 Å². The smallest absolute Gasteiger partial charge is 0.231 e. The van der Waals surface area contributed by atoms with Crippen LogP contribution in [0.1, 0.15) is 36.5 Å². The van der Waals surface area contributed by atoms with Crippen LogP contribution in [0.15, 0.2) is 18.2 Å². The number of rotatable bonds is 4. The molecule has 0 unspecified atom stereocenters. The normalized spacial score (nSPS) is 22.2. The molecule has 1 fully saturated rings. The molecule has 1 N–H and O–H groups in total. The van der Waals surface area contributed by atoms with Crippen LogP contribution in [-0.4, -0.2) is 47.2 Å². The molecule has 29 heavy (non-hydrogen) atoms. The molecule has 8 nitrogen and oxygen atoms in total. The minimum atomic E-state index is -0.152. The number of nitrogens with one attached hydrogen (secondary N) is 1. The van der Waals surface area contributed by atoms with Gasteiger partial charge in [-0.1, -0.05) is 6.07 Å². The van der Waals surface area contributed by atoms with Gasteiger partial charge in [-0.2, -0.15) is 0 Å². The number of ether oxygens (including phenoxy) is 3. The highest BCUT2D eigenvalue weighted by Gasteiger charge is 2.37. The molecular weight excluding hydrogens is 372 g/mol. The van der Waals surface area contributed by atoms with E-state index in [0.717, 1.165) is 48.8 Å². The summed E-state index contributed by atoms with van der Waals surface area (Å²) in [7, 11) is 0. The molecule has 0 saturated carbocycles. The third-order valence-corrected chi connectivity index (χ3v) is 6.54. The molecule has 1 aromatic heterocycles. The van der Waals surface area contributed by atoms with E-state index in [4.69, 9.17) is 14.2 Å². The maximum Gasteiger partial charge on any atom is 0.231 e. The van der Waals surface area contributed by atoms with Crippen LogP contribution in [0, 0.1) is 12.8 Å². The van der Waals surface area contributed by atoms with Crippen LogP contribution < -0.4 is 14.8 Å². The average molecular weight is 398 g/mol. The average Bonchev–Trinajstić information content (AvgIpc) is 3.38. The van der Waals surface area contributed by atoms with Gasteiger partial charge in [0.1, 0.15) is 11.6 Å². The van der Waals surface area contributed by atoms with Crippen molar-refractivity contribution in [2.45, 2.75) is 44.6 Å². The Kier molecular flexibility index (Phi) is 4.66. The number of carbonyl (C=O) groups excluding carboxylic acids is 1. The van der Waals surface area contributed by atoms with Gasteiger partial charge in [0.05, 0.1) is 5.92 Å². The zero-order valence-corrected chi connectivity index (χ0v) is 16.6. The number of carbonyl (C=O) groups is 1. The lowest BCUT2D eigenvalue weighted by atomic mass is 9.74. The first-order valence-corrected chi connectivity index (χ1v) is 10.3. The molecule has 1 aromatic carbocycles. The zero-order chi connectivity index (χ0) is 19.8. The van der Waals surface area contributed by atoms with Gasteiger partial charge in [0.15, 0.2) is 11.5 Å². The predicted octanol–water partition coefficient (Wildman–Crippen LogP) is 1.74. The Morgan fingerprint density at radius 1 is 1.24 bits per heavy atom. The lowest BCUT2D eigenvalue weighted by molar-refractivity contribution is -0.126. The van der Waals surface area contributed by atoms with Crippen molar-refractivity contribution < 1.29 is 19.0 Å². The molecule has 2 aromatic rings. The van der Waals surface area contributed by atoms with Crippen LogP contribution in [-0.2, 0) is 27.9 Å². The second-order valence-electron chi connectivity index (χ2n) is 8.19. The van der Waals surface area contributed by atoms with Gasteiger partial charge in [-0.05, 0) is 43.9 Å². The molecule has 0 bridgehead atoms. The Morgan fingerprint density at radius 3 is 2.93 bits per heavy atom. The summed E-state index contributed by atoms with van der Waals surface area (Å²) in [6.45, 7) is 4.83. The van der Waals surface area contributed by atoms with Crippen molar-refractivity contribution in [2.75, 3.05) is 26.6 Å². The third kappa shape index (κ3) is 3.35. The Labute approximate surface area is 169 Å². The number of fused-ring (bicyclic) bond motifs is 2. The molecule has 154 valence electrons. The Hall–Kier alpha value is -2.61. The van der Waals surface area contributed by atoms with E-state index in [2.05, 4.69) is 32.2 Å². The fourth-order valence-electron chi connectivity index (χ4n) is 4.63. The van der Waals surface area contributed by atoms with E-state index in [0.29, 0.717) is 26.3 Å². The van der Waals surface area contributed by atoms with E-state index in [1.165, 1.54) is 5.56 Å². The fourth-order valence-corrected chi connectivity index (χ4v) is 4.63. The van der Waals surface area contributed by atoms with Crippen LogP contribution in [0.3, 0.4) is 0 Å². The second-order valence-corrected chi connectivity index (χ2v) is 8.19. The molecule has 0 spiro atoms. The van der Waals surface area contributed by atoms with Gasteiger partial charge in [0.2, 0.25) is 12.7 Å². The SMILES string of the molecule is Cc1nnc2n1C[C@H](C(=O)NCC1(c3ccc4c(c3)OCO4)CCOCC1)CC2. The number of hydrogen-bond acceptors (Lipinski definition) is 6. The second kappa shape index (κ2) is 7.33. The lowest BCUT2D eigenvalue weighted by Gasteiger charge is -2.38. The molecular formula is C21H26N4O4. The van der Waals surface area contributed by atoms with E-state index in [-0.39, 0.29) is 24.0 Å². The summed E-state index contributed by atoms with van der Waals surface area (Å²) >= 11 is 0. The highest BCUT2D eigenvalue weighted by molar-refractivity contribution is 5.79. The molecule has 3 aliphatic heterocycles. The first-order chi connectivity index (χ1) is 14.1. The minimum Gasteiger partial charge on any atom is -0.454 e. The van der Waals surface area contributed by atoms with Crippen molar-refractivity contribution in [3.8, 4) is 11.5 Å². The Balaban J connectivity index is 1.31. The van der Waals surface area contributed by atoms with Crippen molar-refractivity contribution in [3.05, 3.63) is 35.4 Å². The summed E-state index contributed by atoms with van der Waals surface area (Å²) in [6.07, 6.45) is 3.34. The van der Waals surface area contributed by atoms with Crippen LogP contribution >= 0.6 is 0 Å². The maximum absolute atomic E-state index is 13.0. The van der Waals surface area contributed by atoms with Crippen LogP contribution in [0.5, 0.6) is 11.5 Å². The molecule has 4 heterocycles. The molecule has 5 rings (SSSR count). The van der Waals surface area contributed by atoms with E-state index >= 15 is 0 Å². The van der Waals surface area contributed by atoms with Crippen molar-refractivity contribution in [1.82, 2.24) is 20.1 Å². The summed E-state index contributed by atoms with van der Waals surface area (Å²) in [6, 6.07) is 6.12. The summed E-state index contributed by atoms with van der Waals surface area (Å²) in [4.78, 5) is 13.0. The monoisotopic (exact) mass is 398 g/mol. The number of aryl methyl sites for hydroxylation is 2. The van der Waals surface area contributed by atoms with Gasteiger partial charge >= 0.3 is 0 Å². The van der Waals surface area contributed by atoms with Gasteiger partial charge in [-0.3, -0.25) is 4.79 Å². The fraction of sp³-hybridized carbons (Fsp3) is 0.571. The standard InChI is InChI=1S/C21H26N4O4/c1-14-23-24-19-5-2-15(11-25(14)19)20(26)22-12-21(6-8-27-9-7-21)16-3-4-17-18(10-16)29-13-28-17/h3-4,10,15H,2,5-9,11-13H2,1H3,(H,22,26)/t15-/m1/s1. The van der Waals surface area contributed by atoms with E-state index in [1.807, 2.05) is 13.0 Å². The van der Waals surface area contributed by atoms with Crippen LogP contribution in [0.2, 0.25) is 0 Å². The summed E-state index contributed by atoms with van der Waals surface area (Å²) in [5.41, 5.74) is 1.02. The molecule has 1 amide bonds. The van der Waals surface area contributed by atoms with Crippen molar-refractivity contribution in [2.24, 2.45) is 5.92 Å². The molecule has 8 heteroatoms. The van der Waals surface area contributed by atoms with E-state index < -0.39 is 0 Å². The summed E-state index contributed by atoms with van der Waals surface area (Å²) in [5.74, 6) is 3.47. The van der Waals surface area contributed by atoms with Crippen molar-refractivity contribution in [1.29, 1.82) is 0 Å². The number of nitrogens with zero attached hydrogens (tertiary/aromatic N) is 3. The first-order valence-electron chi connectivity index (χ1n) is 10.3. The minimum absolute atomic E-state index is 0.0501. The molecule has 0 radical (unpaired) electrons. The zero-order valence-electron chi connectivity index (χ0n) is 16.6. The highest BCUT2D eigenvalue weighted by atomic mass is 16.7. The Morgan fingerprint density at radius 2 is 2.07 bits per heavy atom. The quantitative estimate of drug-likeness (QED) is 0.844. The molecule has 1 saturated heterocycles. The number of hydrogen-bond donors (Lipinski definition) is 1. The third-order valence-electron chi connectivity index (χ3n) is 6.54. The summed E-state index contributed by atoms with van der Waals surface area (Å²) in [5, 5.41) is 11.6. The largest absolute Gasteiger partial charge is 0.454 e. The summed E-state index contributed by atoms with van der Waals surface area (Å²) < 4.78 is 18.7. The van der Waals surface area contributed by atoms with Crippen LogP contribution in [0.4, 0.5) is 0 Å². The van der Waals surface area contributed by atoms with Gasteiger partial charge in [0.25, 0.3) is 0 Å².